The minimum atomic E-state index is -0.311. The van der Waals surface area contributed by atoms with Gasteiger partial charge in [0.25, 0.3) is 0 Å². The molecule has 0 radical (unpaired) electrons. The highest BCUT2D eigenvalue weighted by Crippen LogP contribution is 2.52. The summed E-state index contributed by atoms with van der Waals surface area (Å²) in [6, 6.07) is 0. The highest BCUT2D eigenvalue weighted by atomic mass is 16.8. The molecule has 0 atom stereocenters. The first-order chi connectivity index (χ1) is 7.98. The lowest BCUT2D eigenvalue weighted by atomic mass is 9.71. The fourth-order valence-corrected chi connectivity index (χ4v) is 3.32. The van der Waals surface area contributed by atoms with Crippen molar-refractivity contribution < 1.29 is 9.47 Å². The van der Waals surface area contributed by atoms with E-state index in [1.165, 1.54) is 12.8 Å². The molecular formula is C16H30O2. The molecule has 0 aromatic rings. The maximum Gasteiger partial charge on any atom is 0.170 e. The van der Waals surface area contributed by atoms with E-state index in [9.17, 15) is 0 Å². The van der Waals surface area contributed by atoms with E-state index in [2.05, 4.69) is 48.5 Å². The summed E-state index contributed by atoms with van der Waals surface area (Å²) in [7, 11) is 0. The molecule has 106 valence electrons. The average molecular weight is 254 g/mol. The van der Waals surface area contributed by atoms with Crippen molar-refractivity contribution in [2.45, 2.75) is 91.1 Å². The molecule has 1 heterocycles. The third-order valence-corrected chi connectivity index (χ3v) is 5.30. The van der Waals surface area contributed by atoms with Gasteiger partial charge in [0.15, 0.2) is 5.79 Å². The Hall–Kier alpha value is -0.0800. The molecule has 2 heteroatoms. The first-order valence-electron chi connectivity index (χ1n) is 7.38. The second kappa shape index (κ2) is 3.96. The third-order valence-electron chi connectivity index (χ3n) is 5.30. The van der Waals surface area contributed by atoms with E-state index in [0.717, 1.165) is 18.8 Å². The summed E-state index contributed by atoms with van der Waals surface area (Å²) in [5.74, 6) is 0.483. The molecule has 18 heavy (non-hydrogen) atoms. The Labute approximate surface area is 112 Å². The van der Waals surface area contributed by atoms with Gasteiger partial charge < -0.3 is 9.47 Å². The van der Waals surface area contributed by atoms with Gasteiger partial charge in [-0.25, -0.2) is 0 Å². The van der Waals surface area contributed by atoms with Gasteiger partial charge in [-0.2, -0.15) is 0 Å². The van der Waals surface area contributed by atoms with Crippen LogP contribution in [-0.2, 0) is 9.47 Å². The number of hydrogen-bond donors (Lipinski definition) is 0. The van der Waals surface area contributed by atoms with Crippen molar-refractivity contribution in [3.8, 4) is 0 Å². The van der Waals surface area contributed by atoms with E-state index in [1.807, 2.05) is 0 Å². The Morgan fingerprint density at radius 2 is 1.22 bits per heavy atom. The molecule has 1 spiro atoms. The zero-order chi connectivity index (χ0) is 13.8. The topological polar surface area (TPSA) is 18.5 Å². The smallest absolute Gasteiger partial charge is 0.170 e. The van der Waals surface area contributed by atoms with Gasteiger partial charge in [0, 0.05) is 12.8 Å². The van der Waals surface area contributed by atoms with Crippen molar-refractivity contribution in [2.75, 3.05) is 0 Å². The third kappa shape index (κ3) is 2.34. The summed E-state index contributed by atoms with van der Waals surface area (Å²) in [5.41, 5.74) is 0.0222. The lowest BCUT2D eigenvalue weighted by Gasteiger charge is -2.41. The first-order valence-corrected chi connectivity index (χ1v) is 7.38. The SMILES string of the molecule is CC(C)(C)C1CCC2(CC1)OC(C)(C)C(C)(C)O2. The molecule has 2 rings (SSSR count). The Morgan fingerprint density at radius 3 is 1.56 bits per heavy atom. The van der Waals surface area contributed by atoms with Gasteiger partial charge in [0.1, 0.15) is 0 Å². The molecule has 0 aromatic heterocycles. The molecule has 2 fully saturated rings. The van der Waals surface area contributed by atoms with Crippen molar-refractivity contribution in [1.82, 2.24) is 0 Å². The van der Waals surface area contributed by atoms with Gasteiger partial charge >= 0.3 is 0 Å². The molecule has 0 aromatic carbocycles. The Morgan fingerprint density at radius 1 is 0.833 bits per heavy atom. The van der Waals surface area contributed by atoms with Crippen molar-refractivity contribution in [2.24, 2.45) is 11.3 Å². The summed E-state index contributed by atoms with van der Waals surface area (Å²) in [4.78, 5) is 0. The van der Waals surface area contributed by atoms with Crippen LogP contribution in [0.5, 0.6) is 0 Å². The normalized spacial score (nSPS) is 30.8. The minimum absolute atomic E-state index is 0.193. The second-order valence-corrected chi connectivity index (χ2v) is 8.28. The average Bonchev–Trinajstić information content (AvgIpc) is 2.30. The number of ether oxygens (including phenoxy) is 2. The highest BCUT2D eigenvalue weighted by molar-refractivity contribution is 5.01. The van der Waals surface area contributed by atoms with Crippen LogP contribution in [0.3, 0.4) is 0 Å². The fraction of sp³-hybridized carbons (Fsp3) is 1.00. The highest BCUT2D eigenvalue weighted by Gasteiger charge is 2.57. The Kier molecular flexibility index (Phi) is 3.15. The maximum atomic E-state index is 6.33. The maximum absolute atomic E-state index is 6.33. The van der Waals surface area contributed by atoms with Crippen LogP contribution in [0, 0.1) is 11.3 Å². The van der Waals surface area contributed by atoms with Crippen molar-refractivity contribution in [1.29, 1.82) is 0 Å². The summed E-state index contributed by atoms with van der Waals surface area (Å²) >= 11 is 0. The lowest BCUT2D eigenvalue weighted by Crippen LogP contribution is -2.41. The van der Waals surface area contributed by atoms with Crippen LogP contribution in [0.2, 0.25) is 0 Å². The monoisotopic (exact) mass is 254 g/mol. The Bertz CT molecular complexity index is 296. The molecule has 0 bridgehead atoms. The van der Waals surface area contributed by atoms with Crippen LogP contribution in [0.15, 0.2) is 0 Å². The zero-order valence-corrected chi connectivity index (χ0v) is 13.2. The molecule has 2 aliphatic rings. The summed E-state index contributed by atoms with van der Waals surface area (Å²) in [6.45, 7) is 15.6. The fourth-order valence-electron chi connectivity index (χ4n) is 3.32. The zero-order valence-electron chi connectivity index (χ0n) is 13.2. The molecule has 0 amide bonds. The van der Waals surface area contributed by atoms with E-state index in [-0.39, 0.29) is 17.0 Å². The van der Waals surface area contributed by atoms with Crippen molar-refractivity contribution in [3.63, 3.8) is 0 Å². The molecular weight excluding hydrogens is 224 g/mol. The number of rotatable bonds is 0. The molecule has 1 aliphatic heterocycles. The lowest BCUT2D eigenvalue weighted by molar-refractivity contribution is -0.217. The van der Waals surface area contributed by atoms with E-state index in [0.29, 0.717) is 5.41 Å². The summed E-state index contributed by atoms with van der Waals surface area (Å²) in [5, 5.41) is 0. The standard InChI is InChI=1S/C16H30O2/c1-13(2,3)12-8-10-16(11-9-12)17-14(4,5)15(6,7)18-16/h12H,8-11H2,1-7H3. The van der Waals surface area contributed by atoms with Crippen LogP contribution in [-0.4, -0.2) is 17.0 Å². The van der Waals surface area contributed by atoms with Gasteiger partial charge in [-0.3, -0.25) is 0 Å². The van der Waals surface area contributed by atoms with E-state index >= 15 is 0 Å². The molecule has 2 nitrogen and oxygen atoms in total. The van der Waals surface area contributed by atoms with Gasteiger partial charge in [0.2, 0.25) is 0 Å². The van der Waals surface area contributed by atoms with E-state index < -0.39 is 0 Å². The summed E-state index contributed by atoms with van der Waals surface area (Å²) in [6.07, 6.45) is 4.52. The predicted molar refractivity (Wildman–Crippen MR) is 74.5 cm³/mol. The molecule has 0 unspecified atom stereocenters. The molecule has 1 aliphatic carbocycles. The van der Waals surface area contributed by atoms with Crippen LogP contribution < -0.4 is 0 Å². The number of hydrogen-bond acceptors (Lipinski definition) is 2. The van der Waals surface area contributed by atoms with Gasteiger partial charge in [-0.05, 0) is 51.9 Å². The van der Waals surface area contributed by atoms with Gasteiger partial charge in [-0.1, -0.05) is 20.8 Å². The van der Waals surface area contributed by atoms with E-state index in [4.69, 9.17) is 9.47 Å². The van der Waals surface area contributed by atoms with Gasteiger partial charge in [-0.15, -0.1) is 0 Å². The molecule has 1 saturated carbocycles. The van der Waals surface area contributed by atoms with Crippen molar-refractivity contribution >= 4 is 0 Å². The second-order valence-electron chi connectivity index (χ2n) is 8.28. The van der Waals surface area contributed by atoms with Gasteiger partial charge in [0.05, 0.1) is 11.2 Å². The first kappa shape index (κ1) is 14.3. The largest absolute Gasteiger partial charge is 0.341 e. The minimum Gasteiger partial charge on any atom is -0.341 e. The molecule has 1 saturated heterocycles. The quantitative estimate of drug-likeness (QED) is 0.632. The van der Waals surface area contributed by atoms with Crippen LogP contribution >= 0.6 is 0 Å². The van der Waals surface area contributed by atoms with Crippen LogP contribution in [0.25, 0.3) is 0 Å². The molecule has 0 N–H and O–H groups in total. The summed E-state index contributed by atoms with van der Waals surface area (Å²) < 4.78 is 12.7. The Balaban J connectivity index is 2.07. The van der Waals surface area contributed by atoms with Crippen molar-refractivity contribution in [3.05, 3.63) is 0 Å². The van der Waals surface area contributed by atoms with Crippen LogP contribution in [0.1, 0.15) is 74.1 Å². The van der Waals surface area contributed by atoms with Crippen LogP contribution in [0.4, 0.5) is 0 Å². The predicted octanol–water partition coefficient (Wildman–Crippen LogP) is 4.52. The van der Waals surface area contributed by atoms with E-state index in [1.54, 1.807) is 0 Å².